The van der Waals surface area contributed by atoms with E-state index in [2.05, 4.69) is 30.1 Å². The fourth-order valence-electron chi connectivity index (χ4n) is 3.29. The largest absolute Gasteiger partial charge is 0.395 e. The van der Waals surface area contributed by atoms with E-state index in [0.29, 0.717) is 6.42 Å². The maximum Gasteiger partial charge on any atom is 0.120 e. The summed E-state index contributed by atoms with van der Waals surface area (Å²) in [6.45, 7) is 2.18. The first-order valence-electron chi connectivity index (χ1n) is 9.74. The van der Waals surface area contributed by atoms with Gasteiger partial charge in [0.1, 0.15) is 7.85 Å². The molecular weight excluding hydrogens is 329 g/mol. The molecule has 0 aliphatic carbocycles. The van der Waals surface area contributed by atoms with Gasteiger partial charge in [0, 0.05) is 17.3 Å². The van der Waals surface area contributed by atoms with Gasteiger partial charge >= 0.3 is 0 Å². The van der Waals surface area contributed by atoms with Crippen molar-refractivity contribution in [1.82, 2.24) is 4.98 Å². The second-order valence-corrected chi connectivity index (χ2v) is 7.11. The summed E-state index contributed by atoms with van der Waals surface area (Å²) in [5.41, 5.74) is 3.72. The first-order valence-corrected chi connectivity index (χ1v) is 9.74. The molecule has 27 heavy (non-hydrogen) atoms. The maximum absolute atomic E-state index is 10.6. The van der Waals surface area contributed by atoms with Gasteiger partial charge in [0.25, 0.3) is 0 Å². The number of aromatic nitrogens is 1. The van der Waals surface area contributed by atoms with Crippen molar-refractivity contribution in [3.8, 4) is 22.4 Å². The van der Waals surface area contributed by atoms with Crippen LogP contribution in [0, 0.1) is 0 Å². The molecule has 0 saturated heterocycles. The third-order valence-corrected chi connectivity index (χ3v) is 4.96. The summed E-state index contributed by atoms with van der Waals surface area (Å²) in [6.07, 6.45) is 6.81. The lowest BCUT2D eigenvalue weighted by molar-refractivity contribution is 0.114. The molecule has 2 radical (unpaired) electrons. The minimum absolute atomic E-state index is 0.583. The average molecular weight is 355 g/mol. The molecule has 1 atom stereocenters. The van der Waals surface area contributed by atoms with E-state index in [1.54, 1.807) is 0 Å². The van der Waals surface area contributed by atoms with Gasteiger partial charge in [-0.05, 0) is 35.2 Å². The third-order valence-electron chi connectivity index (χ3n) is 4.96. The zero-order valence-electron chi connectivity index (χ0n) is 15.9. The molecule has 1 aromatic heterocycles. The quantitative estimate of drug-likeness (QED) is 0.415. The molecule has 2 nitrogen and oxygen atoms in total. The highest BCUT2D eigenvalue weighted by Gasteiger charge is 2.21. The van der Waals surface area contributed by atoms with Crippen LogP contribution in [-0.4, -0.2) is 17.9 Å². The molecule has 1 heterocycles. The fourth-order valence-corrected chi connectivity index (χ4v) is 3.29. The number of aliphatic hydroxyl groups is 1. The summed E-state index contributed by atoms with van der Waals surface area (Å²) >= 11 is 0. The van der Waals surface area contributed by atoms with Crippen LogP contribution in [0.25, 0.3) is 22.4 Å². The number of rotatable bonds is 8. The summed E-state index contributed by atoms with van der Waals surface area (Å²) in [5, 5.41) is 10.6. The highest BCUT2D eigenvalue weighted by molar-refractivity contribution is 6.14. The van der Waals surface area contributed by atoms with E-state index in [1.807, 2.05) is 54.7 Å². The van der Waals surface area contributed by atoms with E-state index in [1.165, 1.54) is 12.8 Å². The summed E-state index contributed by atoms with van der Waals surface area (Å²) < 4.78 is 0. The van der Waals surface area contributed by atoms with E-state index in [-0.39, 0.29) is 0 Å². The molecule has 3 heteroatoms. The smallest absolute Gasteiger partial charge is 0.120 e. The third kappa shape index (κ3) is 5.08. The number of hydrogen-bond donors (Lipinski definition) is 1. The van der Waals surface area contributed by atoms with Crippen molar-refractivity contribution in [2.24, 2.45) is 0 Å². The van der Waals surface area contributed by atoms with Crippen LogP contribution in [-0.2, 0) is 5.50 Å². The molecule has 1 N–H and O–H groups in total. The Morgan fingerprint density at radius 1 is 0.852 bits per heavy atom. The van der Waals surface area contributed by atoms with E-state index < -0.39 is 5.50 Å². The SMILES string of the molecule is [B]C(O)(CCCCCC)c1ccc(-c2ccnc(-c3ccccc3)c2)cc1. The lowest BCUT2D eigenvalue weighted by Crippen LogP contribution is -2.25. The van der Waals surface area contributed by atoms with Crippen LogP contribution >= 0.6 is 0 Å². The maximum atomic E-state index is 10.6. The molecule has 0 bridgehead atoms. The van der Waals surface area contributed by atoms with Crippen LogP contribution in [0.2, 0.25) is 0 Å². The predicted molar refractivity (Wildman–Crippen MR) is 114 cm³/mol. The van der Waals surface area contributed by atoms with Gasteiger partial charge in [0.2, 0.25) is 0 Å². The van der Waals surface area contributed by atoms with Crippen molar-refractivity contribution in [1.29, 1.82) is 0 Å². The van der Waals surface area contributed by atoms with Crippen molar-refractivity contribution in [2.45, 2.75) is 44.5 Å². The predicted octanol–water partition coefficient (Wildman–Crippen LogP) is 5.70. The minimum Gasteiger partial charge on any atom is -0.395 e. The molecule has 0 fully saturated rings. The van der Waals surface area contributed by atoms with Crippen LogP contribution in [0.4, 0.5) is 0 Å². The molecule has 3 aromatic rings. The molecule has 2 aromatic carbocycles. The van der Waals surface area contributed by atoms with Gasteiger partial charge in [-0.15, -0.1) is 0 Å². The second-order valence-electron chi connectivity index (χ2n) is 7.11. The number of unbranched alkanes of at least 4 members (excludes halogenated alkanes) is 3. The Kier molecular flexibility index (Phi) is 6.47. The van der Waals surface area contributed by atoms with Gasteiger partial charge in [-0.2, -0.15) is 0 Å². The molecule has 0 aliphatic heterocycles. The second kappa shape index (κ2) is 9.01. The molecule has 0 spiro atoms. The lowest BCUT2D eigenvalue weighted by Gasteiger charge is -2.25. The monoisotopic (exact) mass is 355 g/mol. The van der Waals surface area contributed by atoms with E-state index >= 15 is 0 Å². The lowest BCUT2D eigenvalue weighted by atomic mass is 9.72. The van der Waals surface area contributed by atoms with E-state index in [9.17, 15) is 5.11 Å². The molecule has 3 rings (SSSR count). The molecular formula is C24H26BNO. The van der Waals surface area contributed by atoms with Crippen LogP contribution in [0.3, 0.4) is 0 Å². The summed E-state index contributed by atoms with van der Waals surface area (Å²) in [5.74, 6) is 0. The van der Waals surface area contributed by atoms with Gasteiger partial charge in [0.15, 0.2) is 0 Å². The summed E-state index contributed by atoms with van der Waals surface area (Å²) in [4.78, 5) is 4.48. The zero-order valence-corrected chi connectivity index (χ0v) is 15.9. The van der Waals surface area contributed by atoms with Gasteiger partial charge in [-0.1, -0.05) is 87.2 Å². The van der Waals surface area contributed by atoms with Crippen molar-refractivity contribution in [2.75, 3.05) is 0 Å². The molecule has 0 aliphatic rings. The number of hydrogen-bond acceptors (Lipinski definition) is 2. The highest BCUT2D eigenvalue weighted by atomic mass is 16.3. The number of pyridine rings is 1. The minimum atomic E-state index is -1.26. The summed E-state index contributed by atoms with van der Waals surface area (Å²) in [7, 11) is 6.15. The van der Waals surface area contributed by atoms with E-state index in [0.717, 1.165) is 40.8 Å². The number of nitrogens with zero attached hydrogens (tertiary/aromatic N) is 1. The van der Waals surface area contributed by atoms with Gasteiger partial charge in [-0.3, -0.25) is 4.98 Å². The van der Waals surface area contributed by atoms with Gasteiger partial charge < -0.3 is 5.11 Å². The fraction of sp³-hybridized carbons (Fsp3) is 0.292. The van der Waals surface area contributed by atoms with Crippen molar-refractivity contribution in [3.05, 3.63) is 78.5 Å². The van der Waals surface area contributed by atoms with Crippen molar-refractivity contribution >= 4 is 7.85 Å². The Hall–Kier alpha value is -2.39. The van der Waals surface area contributed by atoms with Crippen LogP contribution in [0.5, 0.6) is 0 Å². The molecule has 0 saturated carbocycles. The Morgan fingerprint density at radius 3 is 2.30 bits per heavy atom. The summed E-state index contributed by atoms with van der Waals surface area (Å²) in [6, 6.07) is 22.1. The standard InChI is InChI=1S/C24H26BNO/c1-2-3-4-8-16-24(25,27)22-13-11-19(12-14-22)21-15-17-26-23(18-21)20-9-6-5-7-10-20/h5-7,9-15,17-18,27H,2-4,8,16H2,1H3. The highest BCUT2D eigenvalue weighted by Crippen LogP contribution is 2.29. The van der Waals surface area contributed by atoms with Crippen LogP contribution < -0.4 is 0 Å². The van der Waals surface area contributed by atoms with Crippen molar-refractivity contribution < 1.29 is 5.11 Å². The van der Waals surface area contributed by atoms with Crippen molar-refractivity contribution in [3.63, 3.8) is 0 Å². The molecule has 0 amide bonds. The Balaban J connectivity index is 1.76. The van der Waals surface area contributed by atoms with Gasteiger partial charge in [0.05, 0.1) is 5.69 Å². The molecule has 1 unspecified atom stereocenters. The first kappa shape index (κ1) is 19.4. The first-order chi connectivity index (χ1) is 13.1. The van der Waals surface area contributed by atoms with Crippen LogP contribution in [0.15, 0.2) is 72.9 Å². The van der Waals surface area contributed by atoms with Crippen LogP contribution in [0.1, 0.15) is 44.6 Å². The molecule has 136 valence electrons. The Labute approximate surface area is 163 Å². The topological polar surface area (TPSA) is 33.1 Å². The Morgan fingerprint density at radius 2 is 1.59 bits per heavy atom. The van der Waals surface area contributed by atoms with E-state index in [4.69, 9.17) is 7.85 Å². The zero-order chi connectivity index (χ0) is 19.1. The van der Waals surface area contributed by atoms with Gasteiger partial charge in [-0.25, -0.2) is 0 Å². The average Bonchev–Trinajstić information content (AvgIpc) is 2.72. The Bertz CT molecular complexity index is 844. The normalized spacial score (nSPS) is 13.3. The number of benzene rings is 2.